The van der Waals surface area contributed by atoms with Gasteiger partial charge >= 0.3 is 0 Å². The van der Waals surface area contributed by atoms with E-state index in [4.69, 9.17) is 0 Å². The van der Waals surface area contributed by atoms with Gasteiger partial charge in [0.15, 0.2) is 0 Å². The average molecular weight is 122 g/mol. The summed E-state index contributed by atoms with van der Waals surface area (Å²) < 4.78 is 0. The highest BCUT2D eigenvalue weighted by Crippen LogP contribution is 2.40. The first kappa shape index (κ1) is 5.52. The maximum Gasteiger partial charge on any atom is -0.0203 e. The van der Waals surface area contributed by atoms with Gasteiger partial charge in [0.2, 0.25) is 0 Å². The molecule has 0 aromatic heterocycles. The number of hydrogen-bond acceptors (Lipinski definition) is 0. The van der Waals surface area contributed by atoms with Crippen LogP contribution in [0.25, 0.3) is 0 Å². The summed E-state index contributed by atoms with van der Waals surface area (Å²) in [6.45, 7) is 0. The lowest BCUT2D eigenvalue weighted by molar-refractivity contribution is 0.670. The standard InChI is InChI=1S/C9H14/c1-2-4-8(5-3-1)9-6-7-9/h4,9H,1-3,5-7H2. The summed E-state index contributed by atoms with van der Waals surface area (Å²) in [6, 6.07) is 0. The summed E-state index contributed by atoms with van der Waals surface area (Å²) in [5.74, 6) is 1.05. The topological polar surface area (TPSA) is 0 Å². The lowest BCUT2D eigenvalue weighted by Crippen LogP contribution is -1.92. The first-order valence-electron chi connectivity index (χ1n) is 4.16. The first-order valence-corrected chi connectivity index (χ1v) is 4.16. The molecular formula is C9H14. The highest BCUT2D eigenvalue weighted by molar-refractivity contribution is 5.14. The Morgan fingerprint density at radius 1 is 1.22 bits per heavy atom. The SMILES string of the molecule is C1=C(C2CC2)CCCC1. The molecule has 2 aliphatic carbocycles. The molecule has 0 saturated heterocycles. The Morgan fingerprint density at radius 3 is 2.67 bits per heavy atom. The van der Waals surface area contributed by atoms with Crippen molar-refractivity contribution in [2.45, 2.75) is 38.5 Å². The highest BCUT2D eigenvalue weighted by atomic mass is 14.3. The molecule has 0 bridgehead atoms. The third-order valence-electron chi connectivity index (χ3n) is 2.43. The van der Waals surface area contributed by atoms with Crippen LogP contribution in [-0.4, -0.2) is 0 Å². The molecule has 0 aliphatic heterocycles. The predicted molar refractivity (Wildman–Crippen MR) is 39.3 cm³/mol. The van der Waals surface area contributed by atoms with Crippen LogP contribution in [0.5, 0.6) is 0 Å². The van der Waals surface area contributed by atoms with Crippen molar-refractivity contribution in [2.75, 3.05) is 0 Å². The lowest BCUT2D eigenvalue weighted by atomic mass is 9.96. The molecule has 0 aromatic rings. The van der Waals surface area contributed by atoms with Gasteiger partial charge in [0.05, 0.1) is 0 Å². The minimum atomic E-state index is 1.05. The van der Waals surface area contributed by atoms with Crippen LogP contribution in [0, 0.1) is 5.92 Å². The maximum absolute atomic E-state index is 2.49. The molecule has 2 aliphatic rings. The van der Waals surface area contributed by atoms with Gasteiger partial charge in [-0.15, -0.1) is 0 Å². The summed E-state index contributed by atoms with van der Waals surface area (Å²) in [6.07, 6.45) is 11.2. The molecule has 1 fully saturated rings. The third-order valence-corrected chi connectivity index (χ3v) is 2.43. The quantitative estimate of drug-likeness (QED) is 0.469. The van der Waals surface area contributed by atoms with E-state index in [0.29, 0.717) is 0 Å². The van der Waals surface area contributed by atoms with E-state index in [1.807, 2.05) is 0 Å². The van der Waals surface area contributed by atoms with E-state index in [1.165, 1.54) is 38.5 Å². The summed E-state index contributed by atoms with van der Waals surface area (Å²) in [5, 5.41) is 0. The fourth-order valence-electron chi connectivity index (χ4n) is 1.69. The molecule has 0 unspecified atom stereocenters. The van der Waals surface area contributed by atoms with E-state index in [1.54, 1.807) is 5.57 Å². The Bertz CT molecular complexity index is 129. The van der Waals surface area contributed by atoms with E-state index < -0.39 is 0 Å². The molecule has 0 heterocycles. The zero-order valence-corrected chi connectivity index (χ0v) is 5.90. The van der Waals surface area contributed by atoms with Gasteiger partial charge in [-0.3, -0.25) is 0 Å². The lowest BCUT2D eigenvalue weighted by Gasteiger charge is -2.10. The van der Waals surface area contributed by atoms with E-state index in [0.717, 1.165) is 5.92 Å². The van der Waals surface area contributed by atoms with Gasteiger partial charge in [-0.2, -0.15) is 0 Å². The van der Waals surface area contributed by atoms with Crippen molar-refractivity contribution < 1.29 is 0 Å². The van der Waals surface area contributed by atoms with Gasteiger partial charge in [0, 0.05) is 0 Å². The molecule has 0 atom stereocenters. The third kappa shape index (κ3) is 1.17. The molecule has 0 heteroatoms. The van der Waals surface area contributed by atoms with Crippen LogP contribution in [0.1, 0.15) is 38.5 Å². The molecule has 2 rings (SSSR count). The molecule has 1 saturated carbocycles. The Morgan fingerprint density at radius 2 is 2.11 bits per heavy atom. The van der Waals surface area contributed by atoms with E-state index in [2.05, 4.69) is 6.08 Å². The molecule has 0 radical (unpaired) electrons. The van der Waals surface area contributed by atoms with Crippen molar-refractivity contribution in [3.8, 4) is 0 Å². The number of rotatable bonds is 1. The Hall–Kier alpha value is -0.260. The fraction of sp³-hybridized carbons (Fsp3) is 0.778. The minimum absolute atomic E-state index is 1.05. The van der Waals surface area contributed by atoms with Gasteiger partial charge in [-0.05, 0) is 44.4 Å². The Balaban J connectivity index is 1.99. The zero-order chi connectivity index (χ0) is 6.10. The van der Waals surface area contributed by atoms with E-state index in [-0.39, 0.29) is 0 Å². The van der Waals surface area contributed by atoms with Crippen LogP contribution in [0.3, 0.4) is 0 Å². The van der Waals surface area contributed by atoms with Gasteiger partial charge < -0.3 is 0 Å². The first-order chi connectivity index (χ1) is 4.47. The molecule has 9 heavy (non-hydrogen) atoms. The molecule has 0 spiro atoms. The van der Waals surface area contributed by atoms with Crippen LogP contribution in [0.15, 0.2) is 11.6 Å². The predicted octanol–water partition coefficient (Wildman–Crippen LogP) is 2.90. The van der Waals surface area contributed by atoms with Crippen LogP contribution in [0.4, 0.5) is 0 Å². The monoisotopic (exact) mass is 122 g/mol. The summed E-state index contributed by atoms with van der Waals surface area (Å²) in [5.41, 5.74) is 1.79. The van der Waals surface area contributed by atoms with Crippen LogP contribution in [-0.2, 0) is 0 Å². The van der Waals surface area contributed by atoms with Crippen molar-refractivity contribution in [3.63, 3.8) is 0 Å². The van der Waals surface area contributed by atoms with Crippen LogP contribution >= 0.6 is 0 Å². The molecule has 0 N–H and O–H groups in total. The van der Waals surface area contributed by atoms with Crippen molar-refractivity contribution >= 4 is 0 Å². The molecule has 0 nitrogen and oxygen atoms in total. The summed E-state index contributed by atoms with van der Waals surface area (Å²) in [4.78, 5) is 0. The molecular weight excluding hydrogens is 108 g/mol. The smallest absolute Gasteiger partial charge is 0.0203 e. The van der Waals surface area contributed by atoms with Gasteiger partial charge in [0.1, 0.15) is 0 Å². The second-order valence-electron chi connectivity index (χ2n) is 3.30. The highest BCUT2D eigenvalue weighted by Gasteiger charge is 2.25. The van der Waals surface area contributed by atoms with E-state index in [9.17, 15) is 0 Å². The van der Waals surface area contributed by atoms with Gasteiger partial charge in [-0.1, -0.05) is 11.6 Å². The second-order valence-corrected chi connectivity index (χ2v) is 3.30. The van der Waals surface area contributed by atoms with Crippen molar-refractivity contribution in [2.24, 2.45) is 5.92 Å². The van der Waals surface area contributed by atoms with Crippen LogP contribution < -0.4 is 0 Å². The molecule has 0 amide bonds. The van der Waals surface area contributed by atoms with Gasteiger partial charge in [0.25, 0.3) is 0 Å². The number of hydrogen-bond donors (Lipinski definition) is 0. The minimum Gasteiger partial charge on any atom is -0.0851 e. The zero-order valence-electron chi connectivity index (χ0n) is 5.90. The summed E-state index contributed by atoms with van der Waals surface area (Å²) in [7, 11) is 0. The van der Waals surface area contributed by atoms with Gasteiger partial charge in [-0.25, -0.2) is 0 Å². The molecule has 0 aromatic carbocycles. The van der Waals surface area contributed by atoms with Crippen molar-refractivity contribution in [3.05, 3.63) is 11.6 Å². The maximum atomic E-state index is 2.49. The van der Waals surface area contributed by atoms with Crippen molar-refractivity contribution in [1.29, 1.82) is 0 Å². The van der Waals surface area contributed by atoms with Crippen LogP contribution in [0.2, 0.25) is 0 Å². The molecule has 50 valence electrons. The number of allylic oxidation sites excluding steroid dienone is 2. The largest absolute Gasteiger partial charge is 0.0851 e. The second kappa shape index (κ2) is 2.17. The fourth-order valence-corrected chi connectivity index (χ4v) is 1.69. The normalized spacial score (nSPS) is 27.8. The Labute approximate surface area is 57.0 Å². The van der Waals surface area contributed by atoms with E-state index >= 15 is 0 Å². The van der Waals surface area contributed by atoms with Crippen molar-refractivity contribution in [1.82, 2.24) is 0 Å². The summed E-state index contributed by atoms with van der Waals surface area (Å²) >= 11 is 0. The average Bonchev–Trinajstić information content (AvgIpc) is 2.71. The Kier molecular flexibility index (Phi) is 1.33.